The molecule has 0 aliphatic heterocycles. The molecule has 0 saturated carbocycles. The van der Waals surface area contributed by atoms with E-state index in [1.807, 2.05) is 37.3 Å². The first-order valence-electron chi connectivity index (χ1n) is 8.65. The van der Waals surface area contributed by atoms with Crippen LogP contribution < -0.4 is 5.32 Å². The van der Waals surface area contributed by atoms with Gasteiger partial charge in [0.1, 0.15) is 0 Å². The predicted molar refractivity (Wildman–Crippen MR) is 108 cm³/mol. The largest absolute Gasteiger partial charge is 0.411 e. The summed E-state index contributed by atoms with van der Waals surface area (Å²) < 4.78 is 5.59. The maximum atomic E-state index is 12.1. The number of hydrogen-bond donors (Lipinski definition) is 1. The first-order valence-corrected chi connectivity index (χ1v) is 10.0. The molecule has 5 nitrogen and oxygen atoms in total. The van der Waals surface area contributed by atoms with Crippen LogP contribution in [0, 0.1) is 0 Å². The molecule has 0 aliphatic rings. The van der Waals surface area contributed by atoms with Gasteiger partial charge in [-0.25, -0.2) is 0 Å². The molecule has 7 heteroatoms. The lowest BCUT2D eigenvalue weighted by molar-refractivity contribution is -0.119. The van der Waals surface area contributed by atoms with Crippen LogP contribution in [0.5, 0.6) is 0 Å². The molecule has 1 heterocycles. The van der Waals surface area contributed by atoms with Crippen molar-refractivity contribution in [1.29, 1.82) is 0 Å². The summed E-state index contributed by atoms with van der Waals surface area (Å²) >= 11 is 7.19. The van der Waals surface area contributed by atoms with Gasteiger partial charge in [-0.1, -0.05) is 59.8 Å². The SMILES string of the molecule is CC(CCc1ccccc1)NC(=O)CSc1nnc(-c2cccc(Cl)c2)o1. The van der Waals surface area contributed by atoms with Gasteiger partial charge in [0.05, 0.1) is 5.75 Å². The first kappa shape index (κ1) is 19.5. The molecule has 1 unspecified atom stereocenters. The molecule has 2 aromatic carbocycles. The molecule has 0 spiro atoms. The summed E-state index contributed by atoms with van der Waals surface area (Å²) in [6, 6.07) is 17.5. The standard InChI is InChI=1S/C20H20ClN3O2S/c1-14(10-11-15-6-3-2-4-7-15)22-18(25)13-27-20-24-23-19(26-20)16-8-5-9-17(21)12-16/h2-9,12,14H,10-11,13H2,1H3,(H,22,25). The van der Waals surface area contributed by atoms with E-state index in [1.54, 1.807) is 12.1 Å². The number of carbonyl (C=O) groups excluding carboxylic acids is 1. The highest BCUT2D eigenvalue weighted by atomic mass is 35.5. The molecule has 3 rings (SSSR count). The lowest BCUT2D eigenvalue weighted by atomic mass is 10.1. The van der Waals surface area contributed by atoms with Crippen LogP contribution >= 0.6 is 23.4 Å². The van der Waals surface area contributed by atoms with Crippen LogP contribution in [0.4, 0.5) is 0 Å². The summed E-state index contributed by atoms with van der Waals surface area (Å²) in [5.41, 5.74) is 2.02. The molecule has 0 fully saturated rings. The Labute approximate surface area is 167 Å². The van der Waals surface area contributed by atoms with Crippen molar-refractivity contribution in [3.8, 4) is 11.5 Å². The van der Waals surface area contributed by atoms with E-state index in [0.717, 1.165) is 18.4 Å². The predicted octanol–water partition coefficient (Wildman–Crippen LogP) is 4.62. The average molecular weight is 402 g/mol. The van der Waals surface area contributed by atoms with Crippen LogP contribution in [0.25, 0.3) is 11.5 Å². The third-order valence-corrected chi connectivity index (χ3v) is 4.97. The molecule has 27 heavy (non-hydrogen) atoms. The fraction of sp³-hybridized carbons (Fsp3) is 0.250. The van der Waals surface area contributed by atoms with Crippen molar-refractivity contribution < 1.29 is 9.21 Å². The number of carbonyl (C=O) groups is 1. The highest BCUT2D eigenvalue weighted by Crippen LogP contribution is 2.25. The maximum absolute atomic E-state index is 12.1. The zero-order chi connectivity index (χ0) is 19.1. The van der Waals surface area contributed by atoms with E-state index >= 15 is 0 Å². The summed E-state index contributed by atoms with van der Waals surface area (Å²) in [6.45, 7) is 2.01. The van der Waals surface area contributed by atoms with E-state index < -0.39 is 0 Å². The molecule has 0 saturated heterocycles. The summed E-state index contributed by atoms with van der Waals surface area (Å²) in [6.07, 6.45) is 1.82. The number of nitrogens with one attached hydrogen (secondary N) is 1. The van der Waals surface area contributed by atoms with Crippen molar-refractivity contribution in [2.24, 2.45) is 0 Å². The Morgan fingerprint density at radius 3 is 2.78 bits per heavy atom. The Morgan fingerprint density at radius 1 is 1.19 bits per heavy atom. The number of hydrogen-bond acceptors (Lipinski definition) is 5. The molecule has 1 amide bonds. The molecule has 0 bridgehead atoms. The minimum Gasteiger partial charge on any atom is -0.411 e. The molecular formula is C20H20ClN3O2S. The molecule has 1 N–H and O–H groups in total. The number of halogens is 1. The molecule has 140 valence electrons. The summed E-state index contributed by atoms with van der Waals surface area (Å²) in [4.78, 5) is 12.1. The van der Waals surface area contributed by atoms with Crippen LogP contribution in [0.2, 0.25) is 5.02 Å². The third-order valence-electron chi connectivity index (χ3n) is 3.92. The van der Waals surface area contributed by atoms with E-state index in [-0.39, 0.29) is 17.7 Å². The van der Waals surface area contributed by atoms with E-state index in [0.29, 0.717) is 16.1 Å². The minimum atomic E-state index is -0.0527. The smallest absolute Gasteiger partial charge is 0.277 e. The monoisotopic (exact) mass is 401 g/mol. The highest BCUT2D eigenvalue weighted by Gasteiger charge is 2.13. The maximum Gasteiger partial charge on any atom is 0.277 e. The summed E-state index contributed by atoms with van der Waals surface area (Å²) in [5, 5.41) is 11.9. The Kier molecular flexibility index (Phi) is 6.90. The van der Waals surface area contributed by atoms with Crippen molar-refractivity contribution in [1.82, 2.24) is 15.5 Å². The normalized spacial score (nSPS) is 11.9. The molecule has 1 aromatic heterocycles. The lowest BCUT2D eigenvalue weighted by Gasteiger charge is -2.13. The van der Waals surface area contributed by atoms with Crippen molar-refractivity contribution in [2.75, 3.05) is 5.75 Å². The number of thioether (sulfide) groups is 1. The van der Waals surface area contributed by atoms with Gasteiger partial charge < -0.3 is 9.73 Å². The second-order valence-electron chi connectivity index (χ2n) is 6.16. The van der Waals surface area contributed by atoms with Gasteiger partial charge >= 0.3 is 0 Å². The second-order valence-corrected chi connectivity index (χ2v) is 7.53. The molecule has 1 atom stereocenters. The zero-order valence-electron chi connectivity index (χ0n) is 14.9. The third kappa shape index (κ3) is 6.12. The van der Waals surface area contributed by atoms with Crippen molar-refractivity contribution in [2.45, 2.75) is 31.0 Å². The van der Waals surface area contributed by atoms with Crippen LogP contribution in [0.15, 0.2) is 64.2 Å². The van der Waals surface area contributed by atoms with Crippen molar-refractivity contribution >= 4 is 29.3 Å². The number of aromatic nitrogens is 2. The fourth-order valence-electron chi connectivity index (χ4n) is 2.55. The molecule has 0 radical (unpaired) electrons. The number of rotatable bonds is 8. The van der Waals surface area contributed by atoms with E-state index in [9.17, 15) is 4.79 Å². The Morgan fingerprint density at radius 2 is 2.00 bits per heavy atom. The Bertz CT molecular complexity index is 886. The van der Waals surface area contributed by atoms with E-state index in [2.05, 4.69) is 27.6 Å². The van der Waals surface area contributed by atoms with Crippen molar-refractivity contribution in [3.63, 3.8) is 0 Å². The van der Waals surface area contributed by atoms with Gasteiger partial charge in [-0.15, -0.1) is 10.2 Å². The number of amides is 1. The van der Waals surface area contributed by atoms with Gasteiger partial charge in [0.2, 0.25) is 11.8 Å². The number of aryl methyl sites for hydroxylation is 1. The lowest BCUT2D eigenvalue weighted by Crippen LogP contribution is -2.34. The summed E-state index contributed by atoms with van der Waals surface area (Å²) in [7, 11) is 0. The van der Waals surface area contributed by atoms with Gasteiger partial charge in [0.15, 0.2) is 0 Å². The van der Waals surface area contributed by atoms with Crippen LogP contribution in [0.1, 0.15) is 18.9 Å². The van der Waals surface area contributed by atoms with Crippen molar-refractivity contribution in [3.05, 3.63) is 65.2 Å². The average Bonchev–Trinajstić information content (AvgIpc) is 3.15. The summed E-state index contributed by atoms with van der Waals surface area (Å²) in [5.74, 6) is 0.562. The number of nitrogens with zero attached hydrogens (tertiary/aromatic N) is 2. The fourth-order valence-corrected chi connectivity index (χ4v) is 3.31. The van der Waals surface area contributed by atoms with Gasteiger partial charge in [-0.2, -0.15) is 0 Å². The molecular weight excluding hydrogens is 382 g/mol. The van der Waals surface area contributed by atoms with E-state index in [4.69, 9.17) is 16.0 Å². The second kappa shape index (κ2) is 9.58. The minimum absolute atomic E-state index is 0.0527. The van der Waals surface area contributed by atoms with Crippen LogP contribution in [-0.4, -0.2) is 27.9 Å². The highest BCUT2D eigenvalue weighted by molar-refractivity contribution is 7.99. The Balaban J connectivity index is 1.44. The quantitative estimate of drug-likeness (QED) is 0.558. The van der Waals surface area contributed by atoms with E-state index in [1.165, 1.54) is 17.3 Å². The molecule has 3 aromatic rings. The van der Waals surface area contributed by atoms with Crippen LogP contribution in [0.3, 0.4) is 0 Å². The number of benzene rings is 2. The van der Waals surface area contributed by atoms with Gasteiger partial charge in [-0.05, 0) is 43.5 Å². The first-order chi connectivity index (χ1) is 13.1. The Hall–Kier alpha value is -2.31. The van der Waals surface area contributed by atoms with Gasteiger partial charge in [0, 0.05) is 16.6 Å². The van der Waals surface area contributed by atoms with Gasteiger partial charge in [0.25, 0.3) is 5.22 Å². The van der Waals surface area contributed by atoms with Gasteiger partial charge in [-0.3, -0.25) is 4.79 Å². The topological polar surface area (TPSA) is 68.0 Å². The van der Waals surface area contributed by atoms with Crippen LogP contribution in [-0.2, 0) is 11.2 Å². The molecule has 0 aliphatic carbocycles. The zero-order valence-corrected chi connectivity index (χ0v) is 16.5.